The first-order valence-corrected chi connectivity index (χ1v) is 7.55. The Bertz CT molecular complexity index is 535. The molecule has 1 aromatic rings. The third-order valence-corrected chi connectivity index (χ3v) is 3.79. The number of nitrogens with zero attached hydrogens (tertiary/aromatic N) is 1. The van der Waals surface area contributed by atoms with Crippen LogP contribution in [0.3, 0.4) is 0 Å². The summed E-state index contributed by atoms with van der Waals surface area (Å²) in [7, 11) is 0. The molecule has 5 nitrogen and oxygen atoms in total. The second-order valence-electron chi connectivity index (χ2n) is 6.66. The van der Waals surface area contributed by atoms with Gasteiger partial charge in [0.2, 0.25) is 0 Å². The summed E-state index contributed by atoms with van der Waals surface area (Å²) in [6, 6.07) is 9.01. The predicted molar refractivity (Wildman–Crippen MR) is 82.8 cm³/mol. The summed E-state index contributed by atoms with van der Waals surface area (Å²) in [5, 5.41) is 9.47. The molecule has 1 aliphatic rings. The fourth-order valence-electron chi connectivity index (χ4n) is 2.77. The largest absolute Gasteiger partial charge is 0.480 e. The fourth-order valence-corrected chi connectivity index (χ4v) is 2.77. The van der Waals surface area contributed by atoms with E-state index in [1.165, 1.54) is 4.90 Å². The molecular formula is C17H23NO4. The van der Waals surface area contributed by atoms with Crippen LogP contribution in [-0.4, -0.2) is 40.3 Å². The molecule has 0 bridgehead atoms. The van der Waals surface area contributed by atoms with E-state index in [-0.39, 0.29) is 5.92 Å². The van der Waals surface area contributed by atoms with E-state index < -0.39 is 23.7 Å². The maximum atomic E-state index is 12.2. The van der Waals surface area contributed by atoms with Crippen LogP contribution in [0, 0.1) is 0 Å². The monoisotopic (exact) mass is 305 g/mol. The van der Waals surface area contributed by atoms with Gasteiger partial charge < -0.3 is 9.84 Å². The van der Waals surface area contributed by atoms with Gasteiger partial charge in [0.25, 0.3) is 0 Å². The second kappa shape index (κ2) is 6.38. The molecule has 0 unspecified atom stereocenters. The van der Waals surface area contributed by atoms with Crippen LogP contribution in [0.5, 0.6) is 0 Å². The molecule has 5 heteroatoms. The average molecular weight is 305 g/mol. The SMILES string of the molecule is CC(C)(C)OC(=O)N1CC[C@@H](c2ccccc2)C[C@@H]1C(=O)O. The van der Waals surface area contributed by atoms with Crippen LogP contribution in [0.4, 0.5) is 4.79 Å². The number of likely N-dealkylation sites (tertiary alicyclic amines) is 1. The Morgan fingerprint density at radius 2 is 1.86 bits per heavy atom. The van der Waals surface area contributed by atoms with Crippen molar-refractivity contribution in [2.75, 3.05) is 6.54 Å². The Morgan fingerprint density at radius 1 is 1.23 bits per heavy atom. The molecule has 1 N–H and O–H groups in total. The van der Waals surface area contributed by atoms with Crippen LogP contribution in [-0.2, 0) is 9.53 Å². The minimum Gasteiger partial charge on any atom is -0.480 e. The lowest BCUT2D eigenvalue weighted by molar-refractivity contribution is -0.144. The summed E-state index contributed by atoms with van der Waals surface area (Å²) in [5.74, 6) is -0.826. The first-order chi connectivity index (χ1) is 10.3. The molecule has 0 saturated carbocycles. The molecular weight excluding hydrogens is 282 g/mol. The van der Waals surface area contributed by atoms with Crippen molar-refractivity contribution in [3.8, 4) is 0 Å². The first-order valence-electron chi connectivity index (χ1n) is 7.55. The minimum absolute atomic E-state index is 0.154. The van der Waals surface area contributed by atoms with Gasteiger partial charge in [-0.3, -0.25) is 4.90 Å². The highest BCUT2D eigenvalue weighted by molar-refractivity contribution is 5.80. The van der Waals surface area contributed by atoms with Gasteiger partial charge >= 0.3 is 12.1 Å². The van der Waals surface area contributed by atoms with E-state index in [1.807, 2.05) is 30.3 Å². The van der Waals surface area contributed by atoms with Crippen LogP contribution < -0.4 is 0 Å². The maximum Gasteiger partial charge on any atom is 0.411 e. The predicted octanol–water partition coefficient (Wildman–Crippen LogP) is 3.25. The van der Waals surface area contributed by atoms with E-state index in [0.29, 0.717) is 13.0 Å². The van der Waals surface area contributed by atoms with Gasteiger partial charge in [-0.15, -0.1) is 0 Å². The third kappa shape index (κ3) is 4.00. The quantitative estimate of drug-likeness (QED) is 0.910. The van der Waals surface area contributed by atoms with Gasteiger partial charge in [0.1, 0.15) is 11.6 Å². The summed E-state index contributed by atoms with van der Waals surface area (Å²) in [5.41, 5.74) is 0.494. The number of carboxylic acids is 1. The molecule has 0 aromatic heterocycles. The summed E-state index contributed by atoms with van der Waals surface area (Å²) >= 11 is 0. The first kappa shape index (κ1) is 16.3. The van der Waals surface area contributed by atoms with Crippen LogP contribution in [0.25, 0.3) is 0 Å². The minimum atomic E-state index is -0.980. The lowest BCUT2D eigenvalue weighted by Crippen LogP contribution is -2.51. The molecule has 1 saturated heterocycles. The number of hydrogen-bond donors (Lipinski definition) is 1. The number of carboxylic acid groups (broad SMARTS) is 1. The number of hydrogen-bond acceptors (Lipinski definition) is 3. The number of rotatable bonds is 2. The van der Waals surface area contributed by atoms with Crippen molar-refractivity contribution in [2.45, 2.75) is 51.2 Å². The molecule has 1 fully saturated rings. The topological polar surface area (TPSA) is 66.8 Å². The highest BCUT2D eigenvalue weighted by Gasteiger charge is 2.38. The molecule has 2 atom stereocenters. The Balaban J connectivity index is 2.12. The number of amides is 1. The molecule has 0 aliphatic carbocycles. The standard InChI is InChI=1S/C17H23NO4/c1-17(2,3)22-16(21)18-10-9-13(11-14(18)15(19)20)12-7-5-4-6-8-12/h4-8,13-14H,9-11H2,1-3H3,(H,19,20)/t13-,14-/m1/s1. The van der Waals surface area contributed by atoms with E-state index in [1.54, 1.807) is 20.8 Å². The van der Waals surface area contributed by atoms with Crippen molar-refractivity contribution >= 4 is 12.1 Å². The number of benzene rings is 1. The van der Waals surface area contributed by atoms with Crippen molar-refractivity contribution in [3.05, 3.63) is 35.9 Å². The summed E-state index contributed by atoms with van der Waals surface area (Å²) in [6.07, 6.45) is 0.609. The molecule has 2 rings (SSSR count). The van der Waals surface area contributed by atoms with Crippen LogP contribution in [0.15, 0.2) is 30.3 Å². The van der Waals surface area contributed by atoms with E-state index in [0.717, 1.165) is 12.0 Å². The number of carbonyl (C=O) groups excluding carboxylic acids is 1. The summed E-state index contributed by atoms with van der Waals surface area (Å²) < 4.78 is 5.32. The zero-order valence-corrected chi connectivity index (χ0v) is 13.3. The van der Waals surface area contributed by atoms with Gasteiger partial charge in [-0.05, 0) is 45.1 Å². The van der Waals surface area contributed by atoms with Crippen molar-refractivity contribution in [1.82, 2.24) is 4.90 Å². The van der Waals surface area contributed by atoms with Crippen LogP contribution in [0.2, 0.25) is 0 Å². The fraction of sp³-hybridized carbons (Fsp3) is 0.529. The summed E-state index contributed by atoms with van der Waals surface area (Å²) in [6.45, 7) is 5.72. The van der Waals surface area contributed by atoms with Crippen molar-refractivity contribution < 1.29 is 19.4 Å². The lowest BCUT2D eigenvalue weighted by Gasteiger charge is -2.38. The van der Waals surface area contributed by atoms with E-state index in [2.05, 4.69) is 0 Å². The third-order valence-electron chi connectivity index (χ3n) is 3.79. The van der Waals surface area contributed by atoms with Crippen molar-refractivity contribution in [3.63, 3.8) is 0 Å². The Morgan fingerprint density at radius 3 is 2.41 bits per heavy atom. The molecule has 0 radical (unpaired) electrons. The van der Waals surface area contributed by atoms with E-state index >= 15 is 0 Å². The highest BCUT2D eigenvalue weighted by atomic mass is 16.6. The van der Waals surface area contributed by atoms with E-state index in [9.17, 15) is 14.7 Å². The normalized spacial score (nSPS) is 22.2. The Hall–Kier alpha value is -2.04. The number of carbonyl (C=O) groups is 2. The molecule has 22 heavy (non-hydrogen) atoms. The molecule has 1 amide bonds. The van der Waals surface area contributed by atoms with E-state index in [4.69, 9.17) is 4.74 Å². The van der Waals surface area contributed by atoms with Gasteiger partial charge in [0, 0.05) is 6.54 Å². The average Bonchev–Trinajstić information content (AvgIpc) is 2.45. The van der Waals surface area contributed by atoms with Gasteiger partial charge in [0.15, 0.2) is 0 Å². The van der Waals surface area contributed by atoms with Gasteiger partial charge in [0.05, 0.1) is 0 Å². The second-order valence-corrected chi connectivity index (χ2v) is 6.66. The smallest absolute Gasteiger partial charge is 0.411 e. The Kier molecular flexibility index (Phi) is 4.74. The highest BCUT2D eigenvalue weighted by Crippen LogP contribution is 2.32. The van der Waals surface area contributed by atoms with Gasteiger partial charge in [-0.25, -0.2) is 9.59 Å². The van der Waals surface area contributed by atoms with Crippen molar-refractivity contribution in [1.29, 1.82) is 0 Å². The molecule has 1 heterocycles. The number of ether oxygens (including phenoxy) is 1. The van der Waals surface area contributed by atoms with Crippen LogP contribution in [0.1, 0.15) is 45.1 Å². The zero-order valence-electron chi connectivity index (χ0n) is 13.3. The molecule has 120 valence electrons. The van der Waals surface area contributed by atoms with Crippen LogP contribution >= 0.6 is 0 Å². The van der Waals surface area contributed by atoms with Crippen molar-refractivity contribution in [2.24, 2.45) is 0 Å². The zero-order chi connectivity index (χ0) is 16.3. The lowest BCUT2D eigenvalue weighted by atomic mass is 9.85. The molecule has 1 aliphatic heterocycles. The molecule has 1 aromatic carbocycles. The maximum absolute atomic E-state index is 12.2. The van der Waals surface area contributed by atoms with Gasteiger partial charge in [-0.1, -0.05) is 30.3 Å². The van der Waals surface area contributed by atoms with Gasteiger partial charge in [-0.2, -0.15) is 0 Å². The number of piperidine rings is 1. The number of aliphatic carboxylic acids is 1. The Labute approximate surface area is 130 Å². The molecule has 0 spiro atoms. The summed E-state index contributed by atoms with van der Waals surface area (Å²) in [4.78, 5) is 25.1.